The minimum atomic E-state index is -1.91. The van der Waals surface area contributed by atoms with Gasteiger partial charge in [0, 0.05) is 6.92 Å². The zero-order chi connectivity index (χ0) is 38.5. The molecule has 0 amide bonds. The summed E-state index contributed by atoms with van der Waals surface area (Å²) in [7, 11) is 0. The average molecular weight is 755 g/mol. The second-order valence-corrected chi connectivity index (χ2v) is 12.8. The van der Waals surface area contributed by atoms with Crippen molar-refractivity contribution in [1.82, 2.24) is 0 Å². The largest absolute Gasteiger partial charge is 0.462 e. The second kappa shape index (κ2) is 21.7. The van der Waals surface area contributed by atoms with Gasteiger partial charge in [0.05, 0.1) is 19.8 Å². The summed E-state index contributed by atoms with van der Waals surface area (Å²) in [6.07, 6.45) is -17.7. The third-order valence-corrected chi connectivity index (χ3v) is 8.95. The first-order chi connectivity index (χ1) is 24.8. The summed E-state index contributed by atoms with van der Waals surface area (Å²) >= 11 is 0. The first-order valence-corrected chi connectivity index (χ1v) is 17.3. The van der Waals surface area contributed by atoms with Crippen LogP contribution >= 0.6 is 0 Å². The molecule has 3 aliphatic rings. The van der Waals surface area contributed by atoms with Gasteiger partial charge in [0.1, 0.15) is 79.0 Å². The quantitative estimate of drug-likeness (QED) is 0.0484. The lowest BCUT2D eigenvalue weighted by Gasteiger charge is -2.48. The number of hydrogen-bond acceptors (Lipinski definition) is 19. The zero-order valence-corrected chi connectivity index (χ0v) is 29.0. The molecular formula is C33H54O19. The highest BCUT2D eigenvalue weighted by Crippen LogP contribution is 2.33. The molecule has 52 heavy (non-hydrogen) atoms. The monoisotopic (exact) mass is 754 g/mol. The Hall–Kier alpha value is -2.15. The molecule has 0 bridgehead atoms. The SMILES string of the molecule is CC(=O)OO.CCCCCCCc1ccc(O[C@@H]2O[C@H](CO)[C@@H](O[C@@H]3O[C@H](CO)[C@H](O[C@@H]4O[C@H](CO)[C@H](O)[C@H](O)[C@H]4O)[C@H](O)[C@H]3O)[C@H](O)[C@H]2O)cc1. The highest BCUT2D eigenvalue weighted by molar-refractivity contribution is 5.64. The van der Waals surface area contributed by atoms with E-state index in [0.29, 0.717) is 5.75 Å². The van der Waals surface area contributed by atoms with Gasteiger partial charge in [-0.3, -0.25) is 0 Å². The summed E-state index contributed by atoms with van der Waals surface area (Å²) in [6.45, 7) is 1.02. The maximum Gasteiger partial charge on any atom is 0.339 e. The minimum absolute atomic E-state index is 0.359. The van der Waals surface area contributed by atoms with Crippen LogP contribution in [0.4, 0.5) is 0 Å². The van der Waals surface area contributed by atoms with E-state index >= 15 is 0 Å². The highest BCUT2D eigenvalue weighted by atomic mass is 17.1. The highest BCUT2D eigenvalue weighted by Gasteiger charge is 2.53. The van der Waals surface area contributed by atoms with Gasteiger partial charge in [-0.2, -0.15) is 5.26 Å². The van der Waals surface area contributed by atoms with Crippen molar-refractivity contribution >= 4 is 5.97 Å². The lowest BCUT2D eigenvalue weighted by Crippen LogP contribution is -2.66. The van der Waals surface area contributed by atoms with Crippen LogP contribution < -0.4 is 4.74 Å². The van der Waals surface area contributed by atoms with Crippen LogP contribution in [0.25, 0.3) is 0 Å². The van der Waals surface area contributed by atoms with Crippen LogP contribution in [0.2, 0.25) is 0 Å². The van der Waals surface area contributed by atoms with Crippen molar-refractivity contribution in [2.75, 3.05) is 19.8 Å². The smallest absolute Gasteiger partial charge is 0.339 e. The topological polar surface area (TPSA) is 304 Å². The number of aliphatic hydroxyl groups excluding tert-OH is 10. The van der Waals surface area contributed by atoms with E-state index in [0.717, 1.165) is 31.7 Å². The van der Waals surface area contributed by atoms with E-state index in [-0.39, 0.29) is 0 Å². The Bertz CT molecular complexity index is 1150. The fourth-order valence-corrected chi connectivity index (χ4v) is 5.94. The Morgan fingerprint density at radius 3 is 1.54 bits per heavy atom. The van der Waals surface area contributed by atoms with Crippen LogP contribution in [0, 0.1) is 0 Å². The number of unbranched alkanes of at least 4 members (excludes halogenated alkanes) is 4. The Labute approximate surface area is 300 Å². The van der Waals surface area contributed by atoms with E-state index in [1.807, 2.05) is 12.1 Å². The normalized spacial score (nSPS) is 37.8. The Morgan fingerprint density at radius 1 is 0.615 bits per heavy atom. The number of rotatable bonds is 15. The Morgan fingerprint density at radius 2 is 1.06 bits per heavy atom. The van der Waals surface area contributed by atoms with E-state index in [4.69, 9.17) is 33.7 Å². The molecule has 4 rings (SSSR count). The number of benzene rings is 1. The summed E-state index contributed by atoms with van der Waals surface area (Å²) in [5.41, 5.74) is 1.12. The van der Waals surface area contributed by atoms with Crippen molar-refractivity contribution in [2.24, 2.45) is 0 Å². The molecule has 0 aromatic heterocycles. The number of carbonyl (C=O) groups excluding carboxylic acids is 1. The lowest BCUT2D eigenvalue weighted by molar-refractivity contribution is -0.376. The summed E-state index contributed by atoms with van der Waals surface area (Å²) in [4.78, 5) is 12.5. The van der Waals surface area contributed by atoms with Crippen molar-refractivity contribution < 1.29 is 94.4 Å². The first-order valence-electron chi connectivity index (χ1n) is 17.3. The van der Waals surface area contributed by atoms with Gasteiger partial charge in [-0.05, 0) is 30.5 Å². The van der Waals surface area contributed by atoms with Crippen LogP contribution in [-0.2, 0) is 39.8 Å². The standard InChI is InChI=1S/C31H50O16.C2H4O3/c1-2-3-4-5-6-7-15-8-10-16(11-9-15)42-29-25(40)22(37)27(18(13-33)44-29)47-31-26(41)23(38)28(19(14-34)45-31)46-30-24(39)21(36)20(35)17(12-32)43-30;1-2(3)5-4/h8-11,17-41H,2-7,12-14H2,1H3;4H,1H3/t17-,18-,19-,20+,21+,22-,23-,24-,25-,26-,27-,28+,29-,30+,31+;/m1./s1. The molecule has 300 valence electrons. The van der Waals surface area contributed by atoms with Gasteiger partial charge in [0.25, 0.3) is 0 Å². The van der Waals surface area contributed by atoms with Crippen LogP contribution in [0.15, 0.2) is 24.3 Å². The maximum atomic E-state index is 11.0. The lowest BCUT2D eigenvalue weighted by atomic mass is 9.96. The molecule has 3 saturated heterocycles. The second-order valence-electron chi connectivity index (χ2n) is 12.8. The fourth-order valence-electron chi connectivity index (χ4n) is 5.94. The molecule has 1 aromatic carbocycles. The molecule has 3 fully saturated rings. The number of hydrogen-bond donors (Lipinski definition) is 11. The molecule has 0 unspecified atom stereocenters. The van der Waals surface area contributed by atoms with Gasteiger partial charge in [-0.25, -0.2) is 4.79 Å². The molecular weight excluding hydrogens is 700 g/mol. The van der Waals surface area contributed by atoms with Crippen molar-refractivity contribution in [3.8, 4) is 5.75 Å². The molecule has 11 N–H and O–H groups in total. The molecule has 15 atom stereocenters. The third kappa shape index (κ3) is 11.7. The van der Waals surface area contributed by atoms with E-state index in [1.165, 1.54) is 19.3 Å². The van der Waals surface area contributed by atoms with E-state index in [1.54, 1.807) is 12.1 Å². The molecule has 1 aromatic rings. The number of aryl methyl sites for hydroxylation is 1. The van der Waals surface area contributed by atoms with Gasteiger partial charge in [-0.1, -0.05) is 44.7 Å². The molecule has 19 heteroatoms. The van der Waals surface area contributed by atoms with Crippen molar-refractivity contribution in [2.45, 2.75) is 144 Å². The van der Waals surface area contributed by atoms with Gasteiger partial charge >= 0.3 is 5.97 Å². The Kier molecular flexibility index (Phi) is 18.4. The van der Waals surface area contributed by atoms with Crippen LogP contribution in [-0.4, -0.2) is 174 Å². The van der Waals surface area contributed by atoms with Gasteiger partial charge in [-0.15, -0.1) is 0 Å². The van der Waals surface area contributed by atoms with Crippen LogP contribution in [0.5, 0.6) is 5.75 Å². The molecule has 0 saturated carbocycles. The summed E-state index contributed by atoms with van der Waals surface area (Å²) in [6, 6.07) is 7.22. The van der Waals surface area contributed by atoms with E-state index in [9.17, 15) is 55.9 Å². The van der Waals surface area contributed by atoms with Gasteiger partial charge in [0.2, 0.25) is 6.29 Å². The van der Waals surface area contributed by atoms with Crippen molar-refractivity contribution in [3.63, 3.8) is 0 Å². The molecule has 3 heterocycles. The Balaban J connectivity index is 0.00000136. The predicted molar refractivity (Wildman–Crippen MR) is 173 cm³/mol. The summed E-state index contributed by atoms with van der Waals surface area (Å²) in [5, 5.41) is 111. The predicted octanol–water partition coefficient (Wildman–Crippen LogP) is -2.95. The molecule has 3 aliphatic heterocycles. The number of aliphatic hydroxyl groups is 10. The molecule has 0 aliphatic carbocycles. The van der Waals surface area contributed by atoms with Crippen molar-refractivity contribution in [3.05, 3.63) is 29.8 Å². The number of ether oxygens (including phenoxy) is 6. The molecule has 19 nitrogen and oxygen atoms in total. The van der Waals surface area contributed by atoms with E-state index < -0.39 is 118 Å². The fraction of sp³-hybridized carbons (Fsp3) is 0.788. The minimum Gasteiger partial charge on any atom is -0.462 e. The van der Waals surface area contributed by atoms with Gasteiger partial charge < -0.3 is 84.4 Å². The maximum absolute atomic E-state index is 11.0. The number of carbonyl (C=O) groups is 1. The van der Waals surface area contributed by atoms with Crippen molar-refractivity contribution in [1.29, 1.82) is 0 Å². The first kappa shape index (κ1) is 44.2. The summed E-state index contributed by atoms with van der Waals surface area (Å²) < 4.78 is 33.6. The molecule has 0 radical (unpaired) electrons. The molecule has 0 spiro atoms. The average Bonchev–Trinajstić information content (AvgIpc) is 3.14. The van der Waals surface area contributed by atoms with Crippen LogP contribution in [0.3, 0.4) is 0 Å². The summed E-state index contributed by atoms with van der Waals surface area (Å²) in [5.74, 6) is -0.331. The zero-order valence-electron chi connectivity index (χ0n) is 29.0. The van der Waals surface area contributed by atoms with Gasteiger partial charge in [0.15, 0.2) is 12.6 Å². The van der Waals surface area contributed by atoms with Crippen LogP contribution in [0.1, 0.15) is 51.5 Å². The van der Waals surface area contributed by atoms with E-state index in [2.05, 4.69) is 11.8 Å². The third-order valence-electron chi connectivity index (χ3n) is 8.95.